The summed E-state index contributed by atoms with van der Waals surface area (Å²) in [6, 6.07) is 7.96. The highest BCUT2D eigenvalue weighted by Gasteiger charge is 2.33. The number of aromatic nitrogens is 1. The number of nitrogens with one attached hydrogen (secondary N) is 1. The molecule has 3 aliphatic heterocycles. The van der Waals surface area contributed by atoms with Crippen molar-refractivity contribution in [2.24, 2.45) is 17.8 Å². The molecule has 0 bridgehead atoms. The third-order valence-corrected chi connectivity index (χ3v) is 9.87. The van der Waals surface area contributed by atoms with Crippen molar-refractivity contribution in [1.82, 2.24) is 15.2 Å². The van der Waals surface area contributed by atoms with E-state index < -0.39 is 0 Å². The highest BCUT2D eigenvalue weighted by molar-refractivity contribution is 5.74. The number of benzene rings is 1. The van der Waals surface area contributed by atoms with Crippen LogP contribution in [0.25, 0.3) is 16.7 Å². The first-order chi connectivity index (χ1) is 17.7. The molecule has 2 unspecified atom stereocenters. The monoisotopic (exact) mass is 483 g/mol. The third kappa shape index (κ3) is 4.36. The van der Waals surface area contributed by atoms with Crippen LogP contribution in [0, 0.1) is 17.8 Å². The first-order valence-electron chi connectivity index (χ1n) is 14.6. The minimum atomic E-state index is 0.493. The van der Waals surface area contributed by atoms with E-state index in [-0.39, 0.29) is 0 Å². The van der Waals surface area contributed by atoms with Crippen LogP contribution in [0.2, 0.25) is 0 Å². The number of pyridine rings is 1. The fourth-order valence-electron chi connectivity index (χ4n) is 7.51. The molecule has 190 valence electrons. The Kier molecular flexibility index (Phi) is 6.23. The largest absolute Gasteiger partial charge is 0.381 e. The van der Waals surface area contributed by atoms with Gasteiger partial charge in [0.15, 0.2) is 0 Å². The summed E-state index contributed by atoms with van der Waals surface area (Å²) in [4.78, 5) is 7.79. The van der Waals surface area contributed by atoms with Crippen molar-refractivity contribution >= 4 is 5.57 Å². The molecule has 1 saturated carbocycles. The van der Waals surface area contributed by atoms with Crippen LogP contribution >= 0.6 is 0 Å². The van der Waals surface area contributed by atoms with E-state index in [4.69, 9.17) is 9.72 Å². The fraction of sp³-hybridized carbons (Fsp3) is 0.594. The zero-order valence-corrected chi connectivity index (χ0v) is 21.9. The van der Waals surface area contributed by atoms with Crippen LogP contribution in [0.15, 0.2) is 30.5 Å². The standard InChI is InChI=1S/C32H41N3O/c1-21-13-23-4-5-24(23)17-32-28(21)16-27(18-34-32)26-14-25-6-10-35(19-22-7-11-36-12-8-22)20-30(25)29(15-26)31-3-2-9-33-31/h13-16,18,22-24,31,33H,2-12,17,19-20H2,1H3/t23?,24?,31-/m0/s1. The number of fused-ring (bicyclic) bond motifs is 3. The van der Waals surface area contributed by atoms with Crippen LogP contribution in [-0.4, -0.2) is 42.7 Å². The van der Waals surface area contributed by atoms with E-state index >= 15 is 0 Å². The van der Waals surface area contributed by atoms with E-state index in [1.807, 2.05) is 0 Å². The maximum Gasteiger partial charge on any atom is 0.0481 e. The van der Waals surface area contributed by atoms with Crippen LogP contribution in [0.4, 0.5) is 0 Å². The van der Waals surface area contributed by atoms with Gasteiger partial charge in [0.1, 0.15) is 0 Å². The van der Waals surface area contributed by atoms with Gasteiger partial charge in [0.25, 0.3) is 0 Å². The molecule has 0 amide bonds. The molecule has 4 heteroatoms. The summed E-state index contributed by atoms with van der Waals surface area (Å²) in [5, 5.41) is 3.82. The Hall–Kier alpha value is -2.01. The molecule has 0 radical (unpaired) electrons. The second kappa shape index (κ2) is 9.70. The van der Waals surface area contributed by atoms with Gasteiger partial charge < -0.3 is 10.1 Å². The average Bonchev–Trinajstić information content (AvgIpc) is 3.42. The van der Waals surface area contributed by atoms with Gasteiger partial charge in [-0.05, 0) is 128 Å². The number of nitrogens with zero attached hydrogens (tertiary/aromatic N) is 2. The topological polar surface area (TPSA) is 37.4 Å². The molecule has 2 aliphatic carbocycles. The van der Waals surface area contributed by atoms with E-state index in [0.717, 1.165) is 56.9 Å². The molecule has 1 aromatic carbocycles. The first-order valence-corrected chi connectivity index (χ1v) is 14.6. The van der Waals surface area contributed by atoms with Crippen LogP contribution in [0.3, 0.4) is 0 Å². The van der Waals surface area contributed by atoms with Crippen LogP contribution in [0.5, 0.6) is 0 Å². The summed E-state index contributed by atoms with van der Waals surface area (Å²) in [5.41, 5.74) is 11.5. The lowest BCUT2D eigenvalue weighted by atomic mass is 9.72. The summed E-state index contributed by atoms with van der Waals surface area (Å²) in [6.07, 6.45) is 14.7. The van der Waals surface area contributed by atoms with Crippen molar-refractivity contribution in [3.05, 3.63) is 58.4 Å². The minimum Gasteiger partial charge on any atom is -0.381 e. The number of rotatable bonds is 4. The van der Waals surface area contributed by atoms with Gasteiger partial charge in [-0.3, -0.25) is 9.88 Å². The molecule has 7 rings (SSSR count). The van der Waals surface area contributed by atoms with Crippen LogP contribution in [-0.2, 0) is 24.1 Å². The summed E-state index contributed by atoms with van der Waals surface area (Å²) < 4.78 is 5.61. The molecule has 4 heterocycles. The number of hydrogen-bond acceptors (Lipinski definition) is 4. The van der Waals surface area contributed by atoms with E-state index in [9.17, 15) is 0 Å². The van der Waals surface area contributed by atoms with Gasteiger partial charge in [0, 0.05) is 56.3 Å². The zero-order chi connectivity index (χ0) is 24.1. The van der Waals surface area contributed by atoms with E-state index in [2.05, 4.69) is 47.6 Å². The first kappa shape index (κ1) is 23.1. The van der Waals surface area contributed by atoms with Crippen molar-refractivity contribution in [2.45, 2.75) is 70.9 Å². The van der Waals surface area contributed by atoms with Crippen molar-refractivity contribution in [3.8, 4) is 11.1 Å². The maximum atomic E-state index is 5.61. The fourth-order valence-corrected chi connectivity index (χ4v) is 7.51. The van der Waals surface area contributed by atoms with Gasteiger partial charge in [-0.25, -0.2) is 0 Å². The lowest BCUT2D eigenvalue weighted by molar-refractivity contribution is 0.0505. The normalized spacial score (nSPS) is 28.5. The van der Waals surface area contributed by atoms with Gasteiger partial charge in [-0.1, -0.05) is 12.1 Å². The third-order valence-electron chi connectivity index (χ3n) is 9.87. The number of allylic oxidation sites excluding steroid dienone is 2. The van der Waals surface area contributed by atoms with Gasteiger partial charge in [-0.2, -0.15) is 0 Å². The highest BCUT2D eigenvalue weighted by atomic mass is 16.5. The quantitative estimate of drug-likeness (QED) is 0.584. The summed E-state index contributed by atoms with van der Waals surface area (Å²) in [5.74, 6) is 2.38. The van der Waals surface area contributed by atoms with Crippen LogP contribution in [0.1, 0.15) is 79.4 Å². The van der Waals surface area contributed by atoms with Crippen molar-refractivity contribution in [2.75, 3.05) is 32.8 Å². The molecule has 4 nitrogen and oxygen atoms in total. The Balaban J connectivity index is 1.22. The molecule has 2 saturated heterocycles. The Bertz CT molecular complexity index is 1160. The SMILES string of the molecule is CC1=CC2CCC2Cc2ncc(-c3cc4c(c([C@@H]5CCCN5)c3)CN(CC3CCOCC3)CC4)cc21. The molecule has 0 spiro atoms. The van der Waals surface area contributed by atoms with E-state index in [0.29, 0.717) is 6.04 Å². The lowest BCUT2D eigenvalue weighted by Gasteiger charge is -2.35. The highest BCUT2D eigenvalue weighted by Crippen LogP contribution is 2.43. The second-order valence-corrected chi connectivity index (χ2v) is 12.2. The van der Waals surface area contributed by atoms with Crippen molar-refractivity contribution in [1.29, 1.82) is 0 Å². The van der Waals surface area contributed by atoms with Crippen LogP contribution < -0.4 is 5.32 Å². The smallest absolute Gasteiger partial charge is 0.0481 e. The Morgan fingerprint density at radius 3 is 2.78 bits per heavy atom. The van der Waals surface area contributed by atoms with Gasteiger partial charge >= 0.3 is 0 Å². The van der Waals surface area contributed by atoms with Gasteiger partial charge in [0.05, 0.1) is 0 Å². The van der Waals surface area contributed by atoms with Gasteiger partial charge in [0.2, 0.25) is 0 Å². The van der Waals surface area contributed by atoms with Gasteiger partial charge in [-0.15, -0.1) is 0 Å². The number of ether oxygens (including phenoxy) is 1. The molecule has 3 atom stereocenters. The summed E-state index contributed by atoms with van der Waals surface area (Å²) in [6.45, 7) is 8.85. The Labute approximate surface area is 216 Å². The zero-order valence-electron chi connectivity index (χ0n) is 21.9. The van der Waals surface area contributed by atoms with Crippen molar-refractivity contribution < 1.29 is 4.74 Å². The average molecular weight is 484 g/mol. The maximum absolute atomic E-state index is 5.61. The van der Waals surface area contributed by atoms with E-state index in [1.165, 1.54) is 79.6 Å². The molecule has 1 N–H and O–H groups in total. The molecular formula is C32H41N3O. The molecule has 5 aliphatic rings. The minimum absolute atomic E-state index is 0.493. The molecular weight excluding hydrogens is 442 g/mol. The molecule has 1 aromatic heterocycles. The molecule has 3 fully saturated rings. The summed E-state index contributed by atoms with van der Waals surface area (Å²) >= 11 is 0. The van der Waals surface area contributed by atoms with Crippen molar-refractivity contribution in [3.63, 3.8) is 0 Å². The lowest BCUT2D eigenvalue weighted by Crippen LogP contribution is -2.37. The number of hydrogen-bond donors (Lipinski definition) is 1. The Morgan fingerprint density at radius 1 is 1.06 bits per heavy atom. The molecule has 2 aromatic rings. The predicted octanol–water partition coefficient (Wildman–Crippen LogP) is 5.94. The second-order valence-electron chi connectivity index (χ2n) is 12.2. The Morgan fingerprint density at radius 2 is 1.97 bits per heavy atom. The predicted molar refractivity (Wildman–Crippen MR) is 146 cm³/mol. The molecule has 36 heavy (non-hydrogen) atoms. The summed E-state index contributed by atoms with van der Waals surface area (Å²) in [7, 11) is 0. The van der Waals surface area contributed by atoms with E-state index in [1.54, 1.807) is 16.7 Å².